The summed E-state index contributed by atoms with van der Waals surface area (Å²) in [7, 11) is 0. The number of nitrogens with one attached hydrogen (secondary N) is 2. The first kappa shape index (κ1) is 22.9. The van der Waals surface area contributed by atoms with E-state index in [1.807, 2.05) is 12.1 Å². The molecule has 0 saturated carbocycles. The summed E-state index contributed by atoms with van der Waals surface area (Å²) in [6.45, 7) is 9.87. The van der Waals surface area contributed by atoms with E-state index in [1.54, 1.807) is 6.07 Å². The highest BCUT2D eigenvalue weighted by molar-refractivity contribution is 6.30. The third kappa shape index (κ3) is 6.36. The van der Waals surface area contributed by atoms with Gasteiger partial charge in [-0.1, -0.05) is 23.4 Å². The number of aliphatic hydroxyl groups is 1. The maximum absolute atomic E-state index is 12.2. The number of rotatable bonds is 5. The van der Waals surface area contributed by atoms with Crippen molar-refractivity contribution in [2.24, 2.45) is 5.41 Å². The van der Waals surface area contributed by atoms with Crippen LogP contribution in [0.15, 0.2) is 18.2 Å². The summed E-state index contributed by atoms with van der Waals surface area (Å²) in [4.78, 5) is 14.4. The summed E-state index contributed by atoms with van der Waals surface area (Å²) in [5.41, 5.74) is 0.253. The first-order chi connectivity index (χ1) is 14.2. The topological polar surface area (TPSA) is 73.8 Å². The van der Waals surface area contributed by atoms with Crippen LogP contribution in [0.25, 0.3) is 0 Å². The Balaban J connectivity index is 1.49. The van der Waals surface area contributed by atoms with Crippen molar-refractivity contribution in [2.45, 2.75) is 45.3 Å². The van der Waals surface area contributed by atoms with Crippen LogP contribution in [0.2, 0.25) is 5.02 Å². The number of piperidine rings is 1. The molecule has 1 atom stereocenters. The second kappa shape index (κ2) is 9.57. The van der Waals surface area contributed by atoms with E-state index in [2.05, 4.69) is 48.1 Å². The molecule has 2 aliphatic heterocycles. The molecule has 7 heteroatoms. The minimum Gasteiger partial charge on any atom is -0.491 e. The van der Waals surface area contributed by atoms with E-state index >= 15 is 0 Å². The highest BCUT2D eigenvalue weighted by Crippen LogP contribution is 2.25. The van der Waals surface area contributed by atoms with E-state index in [4.69, 9.17) is 16.3 Å². The predicted octanol–water partition coefficient (Wildman–Crippen LogP) is 2.03. The molecule has 1 spiro atoms. The van der Waals surface area contributed by atoms with E-state index in [-0.39, 0.29) is 17.9 Å². The fourth-order valence-corrected chi connectivity index (χ4v) is 3.99. The zero-order valence-corrected chi connectivity index (χ0v) is 18.8. The Bertz CT molecular complexity index is 817. The molecule has 0 aliphatic carbocycles. The molecule has 0 aromatic heterocycles. The molecular formula is C23H32ClN3O3. The van der Waals surface area contributed by atoms with Crippen LogP contribution >= 0.6 is 11.6 Å². The number of hydrogen-bond acceptors (Lipinski definition) is 5. The summed E-state index contributed by atoms with van der Waals surface area (Å²) in [5, 5.41) is 17.3. The van der Waals surface area contributed by atoms with E-state index in [0.29, 0.717) is 23.9 Å². The van der Waals surface area contributed by atoms with E-state index in [0.717, 1.165) is 38.0 Å². The minimum atomic E-state index is -0.629. The molecule has 3 N–H and O–H groups in total. The Morgan fingerprint density at radius 3 is 2.67 bits per heavy atom. The second-order valence-electron chi connectivity index (χ2n) is 9.21. The number of amides is 1. The summed E-state index contributed by atoms with van der Waals surface area (Å²) in [6, 6.07) is 5.38. The average Bonchev–Trinajstić information content (AvgIpc) is 2.68. The van der Waals surface area contributed by atoms with Crippen molar-refractivity contribution in [3.05, 3.63) is 28.8 Å². The molecule has 3 rings (SSSR count). The maximum atomic E-state index is 12.2. The summed E-state index contributed by atoms with van der Waals surface area (Å²) in [6.07, 6.45) is 0.864. The fraction of sp³-hybridized carbons (Fsp3) is 0.609. The van der Waals surface area contributed by atoms with Gasteiger partial charge in [-0.2, -0.15) is 0 Å². The molecule has 0 bridgehead atoms. The van der Waals surface area contributed by atoms with Crippen LogP contribution in [0, 0.1) is 17.3 Å². The van der Waals surface area contributed by atoms with Crippen molar-refractivity contribution in [1.29, 1.82) is 0 Å². The number of benzene rings is 1. The van der Waals surface area contributed by atoms with Gasteiger partial charge in [-0.25, -0.2) is 0 Å². The Morgan fingerprint density at radius 2 is 2.00 bits per heavy atom. The Labute approximate surface area is 184 Å². The molecule has 2 saturated heterocycles. The van der Waals surface area contributed by atoms with Gasteiger partial charge in [0, 0.05) is 48.7 Å². The van der Waals surface area contributed by atoms with E-state index in [1.165, 1.54) is 0 Å². The average molecular weight is 434 g/mol. The molecule has 1 amide bonds. The maximum Gasteiger partial charge on any atom is 0.240 e. The van der Waals surface area contributed by atoms with Crippen LogP contribution in [-0.2, 0) is 4.79 Å². The number of carbonyl (C=O) groups is 1. The smallest absolute Gasteiger partial charge is 0.240 e. The normalized spacial score (nSPS) is 20.2. The fourth-order valence-electron chi connectivity index (χ4n) is 3.77. The summed E-state index contributed by atoms with van der Waals surface area (Å²) < 4.78 is 5.78. The van der Waals surface area contributed by atoms with Gasteiger partial charge >= 0.3 is 0 Å². The van der Waals surface area contributed by atoms with Gasteiger partial charge in [-0.15, -0.1) is 0 Å². The van der Waals surface area contributed by atoms with Crippen LogP contribution in [0.3, 0.4) is 0 Å². The van der Waals surface area contributed by atoms with Crippen molar-refractivity contribution in [3.63, 3.8) is 0 Å². The van der Waals surface area contributed by atoms with Crippen molar-refractivity contribution >= 4 is 17.5 Å². The summed E-state index contributed by atoms with van der Waals surface area (Å²) in [5.74, 6) is 7.01. The number of nitrogens with zero attached hydrogens (tertiary/aromatic N) is 1. The SMILES string of the molecule is CC(C)(C)C#Cc1cc(Cl)cc(OCC(O)CN2CCC3(CC2)NCCNC3=O)c1. The lowest BCUT2D eigenvalue weighted by molar-refractivity contribution is -0.131. The molecule has 1 aromatic carbocycles. The van der Waals surface area contributed by atoms with Gasteiger partial charge in [-0.3, -0.25) is 4.79 Å². The molecule has 2 aliphatic rings. The number of ether oxygens (including phenoxy) is 1. The zero-order chi connectivity index (χ0) is 21.8. The van der Waals surface area contributed by atoms with Crippen LogP contribution in [0.1, 0.15) is 39.2 Å². The van der Waals surface area contributed by atoms with Gasteiger partial charge in [-0.05, 0) is 51.8 Å². The van der Waals surface area contributed by atoms with Crippen LogP contribution in [0.4, 0.5) is 0 Å². The monoisotopic (exact) mass is 433 g/mol. The molecule has 1 unspecified atom stereocenters. The zero-order valence-electron chi connectivity index (χ0n) is 18.1. The number of carbonyl (C=O) groups excluding carboxylic acids is 1. The van der Waals surface area contributed by atoms with Crippen LogP contribution in [-0.4, -0.2) is 66.9 Å². The lowest BCUT2D eigenvalue weighted by Gasteiger charge is -2.43. The standard InChI is InChI=1S/C23H32ClN3O3/c1-22(2,3)5-4-17-12-18(24)14-20(13-17)30-16-19(28)15-27-10-6-23(7-11-27)21(29)25-8-9-26-23/h12-14,19,26,28H,6-11,15-16H2,1-3H3,(H,25,29). The number of likely N-dealkylation sites (tertiary alicyclic amines) is 1. The molecule has 1 aromatic rings. The highest BCUT2D eigenvalue weighted by atomic mass is 35.5. The molecule has 6 nitrogen and oxygen atoms in total. The molecule has 0 radical (unpaired) electrons. The number of aliphatic hydroxyl groups excluding tert-OH is 1. The lowest BCUT2D eigenvalue weighted by Crippen LogP contribution is -2.66. The van der Waals surface area contributed by atoms with Gasteiger partial charge in [0.15, 0.2) is 0 Å². The predicted molar refractivity (Wildman–Crippen MR) is 119 cm³/mol. The van der Waals surface area contributed by atoms with Gasteiger partial charge < -0.3 is 25.4 Å². The minimum absolute atomic E-state index is 0.0969. The molecule has 2 heterocycles. The van der Waals surface area contributed by atoms with E-state index in [9.17, 15) is 9.90 Å². The Morgan fingerprint density at radius 1 is 1.27 bits per heavy atom. The number of hydrogen-bond donors (Lipinski definition) is 3. The molecule has 2 fully saturated rings. The quantitative estimate of drug-likeness (QED) is 0.620. The van der Waals surface area contributed by atoms with E-state index < -0.39 is 11.6 Å². The third-order valence-electron chi connectivity index (χ3n) is 5.38. The van der Waals surface area contributed by atoms with Crippen molar-refractivity contribution in [2.75, 3.05) is 39.3 Å². The van der Waals surface area contributed by atoms with Crippen molar-refractivity contribution in [3.8, 4) is 17.6 Å². The number of piperazine rings is 1. The number of halogens is 1. The largest absolute Gasteiger partial charge is 0.491 e. The Hall–Kier alpha value is -1.78. The van der Waals surface area contributed by atoms with Gasteiger partial charge in [0.25, 0.3) is 0 Å². The third-order valence-corrected chi connectivity index (χ3v) is 5.60. The van der Waals surface area contributed by atoms with Crippen LogP contribution in [0.5, 0.6) is 5.75 Å². The van der Waals surface area contributed by atoms with Gasteiger partial charge in [0.05, 0.1) is 0 Å². The van der Waals surface area contributed by atoms with Crippen LogP contribution < -0.4 is 15.4 Å². The highest BCUT2D eigenvalue weighted by Gasteiger charge is 2.42. The number of β-amino-alcohol motifs (C(OH)–C–C–N with tert-alkyl or cyclic N) is 1. The summed E-state index contributed by atoms with van der Waals surface area (Å²) >= 11 is 6.20. The lowest BCUT2D eigenvalue weighted by atomic mass is 9.85. The van der Waals surface area contributed by atoms with Crippen molar-refractivity contribution < 1.29 is 14.6 Å². The molecule has 164 valence electrons. The Kier molecular flexibility index (Phi) is 7.30. The first-order valence-corrected chi connectivity index (χ1v) is 10.9. The molecular weight excluding hydrogens is 402 g/mol. The van der Waals surface area contributed by atoms with Crippen molar-refractivity contribution in [1.82, 2.24) is 15.5 Å². The van der Waals surface area contributed by atoms with Gasteiger partial charge in [0.2, 0.25) is 5.91 Å². The second-order valence-corrected chi connectivity index (χ2v) is 9.64. The van der Waals surface area contributed by atoms with Gasteiger partial charge in [0.1, 0.15) is 24.0 Å². The molecule has 30 heavy (non-hydrogen) atoms. The first-order valence-electron chi connectivity index (χ1n) is 10.6.